The topological polar surface area (TPSA) is 66.6 Å². The summed E-state index contributed by atoms with van der Waals surface area (Å²) in [6.45, 7) is 1.33. The lowest BCUT2D eigenvalue weighted by atomic mass is 10.1. The number of hydrogen-bond donors (Lipinski definition) is 1. The Bertz CT molecular complexity index is 477. The zero-order valence-corrected chi connectivity index (χ0v) is 10.3. The van der Waals surface area contributed by atoms with Gasteiger partial charge in [0, 0.05) is 19.2 Å². The van der Waals surface area contributed by atoms with Gasteiger partial charge < -0.3 is 10.0 Å². The number of anilines is 1. The first-order valence-corrected chi connectivity index (χ1v) is 5.37. The van der Waals surface area contributed by atoms with E-state index >= 15 is 0 Å². The molecule has 5 nitrogen and oxygen atoms in total. The molecule has 1 N–H and O–H groups in total. The molecule has 0 aliphatic heterocycles. The van der Waals surface area contributed by atoms with Crippen LogP contribution in [0.5, 0.6) is 0 Å². The standard InChI is InChI=1S/C11H13F3N2O3/c1-7(6-17)15(2)9-4-3-8(11(12,13)14)5-10(9)16(18)19/h3-5,7,17H,6H2,1-2H3. The van der Waals surface area contributed by atoms with Gasteiger partial charge in [-0.3, -0.25) is 10.1 Å². The fourth-order valence-corrected chi connectivity index (χ4v) is 1.50. The summed E-state index contributed by atoms with van der Waals surface area (Å²) in [4.78, 5) is 11.4. The fourth-order valence-electron chi connectivity index (χ4n) is 1.50. The molecule has 1 atom stereocenters. The number of rotatable bonds is 4. The van der Waals surface area contributed by atoms with Crippen molar-refractivity contribution < 1.29 is 23.2 Å². The average molecular weight is 278 g/mol. The summed E-state index contributed by atoms with van der Waals surface area (Å²) in [5.41, 5.74) is -1.69. The third-order valence-corrected chi connectivity index (χ3v) is 2.80. The molecule has 0 amide bonds. The van der Waals surface area contributed by atoms with E-state index in [1.165, 1.54) is 11.9 Å². The number of alkyl halides is 3. The van der Waals surface area contributed by atoms with Crippen LogP contribution < -0.4 is 4.90 Å². The van der Waals surface area contributed by atoms with Crippen molar-refractivity contribution in [2.45, 2.75) is 19.1 Å². The van der Waals surface area contributed by atoms with E-state index in [4.69, 9.17) is 5.11 Å². The first kappa shape index (κ1) is 15.2. The van der Waals surface area contributed by atoms with Gasteiger partial charge in [0.15, 0.2) is 0 Å². The molecule has 0 fully saturated rings. The van der Waals surface area contributed by atoms with Gasteiger partial charge in [-0.05, 0) is 19.1 Å². The van der Waals surface area contributed by atoms with E-state index < -0.39 is 28.4 Å². The van der Waals surface area contributed by atoms with Crippen LogP contribution in [0.25, 0.3) is 0 Å². The Balaban J connectivity index is 3.31. The van der Waals surface area contributed by atoms with Crippen LogP contribution in [-0.4, -0.2) is 29.7 Å². The zero-order chi connectivity index (χ0) is 14.8. The Labute approximate surface area is 107 Å². The van der Waals surface area contributed by atoms with E-state index in [1.807, 2.05) is 0 Å². The predicted molar refractivity (Wildman–Crippen MR) is 63.0 cm³/mol. The molecule has 0 heterocycles. The van der Waals surface area contributed by atoms with Crippen molar-refractivity contribution in [3.05, 3.63) is 33.9 Å². The van der Waals surface area contributed by atoms with E-state index in [0.717, 1.165) is 12.1 Å². The maximum absolute atomic E-state index is 12.5. The summed E-state index contributed by atoms with van der Waals surface area (Å²) in [5.74, 6) is 0. The molecule has 1 rings (SSSR count). The highest BCUT2D eigenvalue weighted by Crippen LogP contribution is 2.36. The van der Waals surface area contributed by atoms with Crippen LogP contribution in [0.1, 0.15) is 12.5 Å². The van der Waals surface area contributed by atoms with Gasteiger partial charge in [0.25, 0.3) is 5.69 Å². The minimum absolute atomic E-state index is 0.0274. The summed E-state index contributed by atoms with van der Waals surface area (Å²) in [6, 6.07) is 1.86. The van der Waals surface area contributed by atoms with E-state index in [-0.39, 0.29) is 12.3 Å². The number of aliphatic hydroxyl groups is 1. The van der Waals surface area contributed by atoms with Crippen LogP contribution in [0, 0.1) is 10.1 Å². The van der Waals surface area contributed by atoms with E-state index in [1.54, 1.807) is 6.92 Å². The number of nitrogens with zero attached hydrogens (tertiary/aromatic N) is 2. The molecule has 1 aromatic rings. The molecule has 0 radical (unpaired) electrons. The van der Waals surface area contributed by atoms with E-state index in [0.29, 0.717) is 6.07 Å². The quantitative estimate of drug-likeness (QED) is 0.678. The Kier molecular flexibility index (Phi) is 4.35. The number of nitro benzene ring substituents is 1. The molecular formula is C11H13F3N2O3. The van der Waals surface area contributed by atoms with Crippen molar-refractivity contribution in [2.75, 3.05) is 18.6 Å². The maximum Gasteiger partial charge on any atom is 0.416 e. The monoisotopic (exact) mass is 278 g/mol. The number of benzene rings is 1. The minimum atomic E-state index is -4.63. The van der Waals surface area contributed by atoms with Gasteiger partial charge in [0.05, 0.1) is 17.1 Å². The molecule has 8 heteroatoms. The Hall–Kier alpha value is -1.83. The number of hydrogen-bond acceptors (Lipinski definition) is 4. The maximum atomic E-state index is 12.5. The molecule has 0 saturated carbocycles. The van der Waals surface area contributed by atoms with Crippen LogP contribution in [0.3, 0.4) is 0 Å². The molecule has 0 aromatic heterocycles. The van der Waals surface area contributed by atoms with Gasteiger partial charge in [-0.25, -0.2) is 0 Å². The van der Waals surface area contributed by atoms with Gasteiger partial charge in [0.1, 0.15) is 5.69 Å². The normalized spacial score (nSPS) is 13.2. The SMILES string of the molecule is CC(CO)N(C)c1ccc(C(F)(F)F)cc1[N+](=O)[O-]. The van der Waals surface area contributed by atoms with Crippen molar-refractivity contribution in [1.29, 1.82) is 0 Å². The van der Waals surface area contributed by atoms with Gasteiger partial charge in [-0.2, -0.15) is 13.2 Å². The second kappa shape index (κ2) is 5.43. The van der Waals surface area contributed by atoms with E-state index in [9.17, 15) is 23.3 Å². The highest BCUT2D eigenvalue weighted by Gasteiger charge is 2.33. The molecule has 19 heavy (non-hydrogen) atoms. The fraction of sp³-hybridized carbons (Fsp3) is 0.455. The summed E-state index contributed by atoms with van der Waals surface area (Å²) >= 11 is 0. The summed E-state index contributed by atoms with van der Waals surface area (Å²) < 4.78 is 37.5. The third kappa shape index (κ3) is 3.34. The van der Waals surface area contributed by atoms with Crippen LogP contribution in [-0.2, 0) is 6.18 Å². The number of likely N-dealkylation sites (N-methyl/N-ethyl adjacent to an activating group) is 1. The Morgan fingerprint density at radius 2 is 2.05 bits per heavy atom. The second-order valence-corrected chi connectivity index (χ2v) is 4.10. The van der Waals surface area contributed by atoms with Gasteiger partial charge in [-0.15, -0.1) is 0 Å². The summed E-state index contributed by atoms with van der Waals surface area (Å²) in [6.07, 6.45) is -4.63. The van der Waals surface area contributed by atoms with Crippen molar-refractivity contribution in [3.63, 3.8) is 0 Å². The molecular weight excluding hydrogens is 265 g/mol. The highest BCUT2D eigenvalue weighted by atomic mass is 19.4. The van der Waals surface area contributed by atoms with Crippen molar-refractivity contribution in [1.82, 2.24) is 0 Å². The molecule has 1 aromatic carbocycles. The zero-order valence-electron chi connectivity index (χ0n) is 10.3. The van der Waals surface area contributed by atoms with Crippen molar-refractivity contribution in [2.24, 2.45) is 0 Å². The van der Waals surface area contributed by atoms with Crippen molar-refractivity contribution >= 4 is 11.4 Å². The number of halogens is 3. The first-order valence-electron chi connectivity index (χ1n) is 5.37. The van der Waals surface area contributed by atoms with Gasteiger partial charge in [0.2, 0.25) is 0 Å². The summed E-state index contributed by atoms with van der Waals surface area (Å²) in [5, 5.41) is 19.9. The Morgan fingerprint density at radius 3 is 2.47 bits per heavy atom. The molecule has 0 bridgehead atoms. The van der Waals surface area contributed by atoms with Gasteiger partial charge in [-0.1, -0.05) is 0 Å². The molecule has 106 valence electrons. The second-order valence-electron chi connectivity index (χ2n) is 4.10. The largest absolute Gasteiger partial charge is 0.416 e. The van der Waals surface area contributed by atoms with Crippen molar-refractivity contribution in [3.8, 4) is 0 Å². The van der Waals surface area contributed by atoms with E-state index in [2.05, 4.69) is 0 Å². The lowest BCUT2D eigenvalue weighted by Crippen LogP contribution is -2.32. The molecule has 0 aliphatic rings. The Morgan fingerprint density at radius 1 is 1.47 bits per heavy atom. The van der Waals surface area contributed by atoms with Gasteiger partial charge >= 0.3 is 6.18 Å². The van der Waals surface area contributed by atoms with Crippen LogP contribution in [0.15, 0.2) is 18.2 Å². The molecule has 0 spiro atoms. The lowest BCUT2D eigenvalue weighted by Gasteiger charge is -2.25. The number of nitro groups is 1. The molecule has 0 saturated heterocycles. The van der Waals surface area contributed by atoms with Crippen LogP contribution in [0.2, 0.25) is 0 Å². The predicted octanol–water partition coefficient (Wildman–Crippen LogP) is 2.43. The third-order valence-electron chi connectivity index (χ3n) is 2.80. The lowest BCUT2D eigenvalue weighted by molar-refractivity contribution is -0.384. The summed E-state index contributed by atoms with van der Waals surface area (Å²) in [7, 11) is 1.47. The number of aliphatic hydroxyl groups excluding tert-OH is 1. The average Bonchev–Trinajstić information content (AvgIpc) is 2.35. The molecule has 0 aliphatic carbocycles. The van der Waals surface area contributed by atoms with Crippen LogP contribution >= 0.6 is 0 Å². The van der Waals surface area contributed by atoms with Crippen LogP contribution in [0.4, 0.5) is 24.5 Å². The smallest absolute Gasteiger partial charge is 0.394 e. The first-order chi connectivity index (χ1) is 8.68. The minimum Gasteiger partial charge on any atom is -0.394 e. The molecule has 1 unspecified atom stereocenters. The highest BCUT2D eigenvalue weighted by molar-refractivity contribution is 5.64.